The fourth-order valence-electron chi connectivity index (χ4n) is 2.30. The Labute approximate surface area is 114 Å². The van der Waals surface area contributed by atoms with Crippen LogP contribution >= 0.6 is 0 Å². The van der Waals surface area contributed by atoms with Crippen LogP contribution in [0.2, 0.25) is 0 Å². The van der Waals surface area contributed by atoms with E-state index in [0.717, 1.165) is 4.57 Å². The summed E-state index contributed by atoms with van der Waals surface area (Å²) in [7, 11) is 1.37. The number of nitrogens with zero attached hydrogens (tertiary/aromatic N) is 2. The molecule has 1 N–H and O–H groups in total. The van der Waals surface area contributed by atoms with Crippen LogP contribution in [0, 0.1) is 0 Å². The van der Waals surface area contributed by atoms with Crippen molar-refractivity contribution in [2.45, 2.75) is 25.8 Å². The maximum absolute atomic E-state index is 12.2. The first kappa shape index (κ1) is 14.2. The fraction of sp³-hybridized carbons (Fsp3) is 0.462. The number of halogens is 1. The Kier molecular flexibility index (Phi) is 3.87. The quantitative estimate of drug-likeness (QED) is 0.795. The zero-order valence-corrected chi connectivity index (χ0v) is 11.2. The molecule has 6 nitrogen and oxygen atoms in total. The van der Waals surface area contributed by atoms with Gasteiger partial charge in [-0.05, 0) is 12.8 Å². The fourth-order valence-corrected chi connectivity index (χ4v) is 2.30. The molecule has 1 aliphatic rings. The van der Waals surface area contributed by atoms with Crippen molar-refractivity contribution in [2.24, 2.45) is 7.05 Å². The summed E-state index contributed by atoms with van der Waals surface area (Å²) < 4.78 is 14.4. The molecule has 2 rings (SSSR count). The molecule has 0 saturated heterocycles. The molecule has 0 aromatic carbocycles. The molecule has 0 unspecified atom stereocenters. The van der Waals surface area contributed by atoms with E-state index < -0.39 is 23.8 Å². The summed E-state index contributed by atoms with van der Waals surface area (Å²) in [6.07, 6.45) is 0.935. The molecule has 1 aromatic rings. The maximum atomic E-state index is 12.2. The molecule has 0 fully saturated rings. The number of carbonyl (C=O) groups is 1. The number of hydrogen-bond donors (Lipinski definition) is 1. The van der Waals surface area contributed by atoms with Crippen LogP contribution in [0.3, 0.4) is 0 Å². The number of carbonyl (C=O) groups excluding carboxylic acids is 1. The van der Waals surface area contributed by atoms with Crippen molar-refractivity contribution in [1.29, 1.82) is 0 Å². The van der Waals surface area contributed by atoms with Crippen LogP contribution < -0.4 is 16.6 Å². The minimum absolute atomic E-state index is 0.0735. The molecular formula is C13H16FN3O3. The van der Waals surface area contributed by atoms with E-state index in [1.807, 2.05) is 0 Å². The van der Waals surface area contributed by atoms with Gasteiger partial charge < -0.3 is 5.32 Å². The van der Waals surface area contributed by atoms with Crippen molar-refractivity contribution in [3.63, 3.8) is 0 Å². The molecule has 0 saturated carbocycles. The second kappa shape index (κ2) is 5.44. The number of nitrogens with one attached hydrogen (secondary N) is 1. The molecule has 1 amide bonds. The molecule has 0 radical (unpaired) electrons. The van der Waals surface area contributed by atoms with Gasteiger partial charge in [-0.25, -0.2) is 4.79 Å². The number of alkyl halides is 1. The van der Waals surface area contributed by atoms with Gasteiger partial charge in [0, 0.05) is 25.7 Å². The van der Waals surface area contributed by atoms with Gasteiger partial charge in [-0.1, -0.05) is 6.58 Å². The van der Waals surface area contributed by atoms with Crippen LogP contribution in [-0.4, -0.2) is 21.7 Å². The number of fused-ring (bicyclic) bond motifs is 1. The van der Waals surface area contributed by atoms with Crippen LogP contribution in [0.25, 0.3) is 0 Å². The Morgan fingerprint density at radius 1 is 1.30 bits per heavy atom. The maximum Gasteiger partial charge on any atom is 0.331 e. The number of allylic oxidation sites excluding steroid dienone is 1. The zero-order chi connectivity index (χ0) is 14.9. The number of unbranched alkanes of at least 4 members (excludes halogenated alkanes) is 1. The lowest BCUT2D eigenvalue weighted by Crippen LogP contribution is -2.47. The van der Waals surface area contributed by atoms with E-state index in [4.69, 9.17) is 0 Å². The van der Waals surface area contributed by atoms with Crippen LogP contribution in [0.4, 0.5) is 4.39 Å². The van der Waals surface area contributed by atoms with Crippen molar-refractivity contribution in [3.05, 3.63) is 44.4 Å². The van der Waals surface area contributed by atoms with Crippen molar-refractivity contribution in [3.8, 4) is 0 Å². The summed E-state index contributed by atoms with van der Waals surface area (Å²) in [6.45, 7) is 3.37. The molecule has 2 heterocycles. The highest BCUT2D eigenvalue weighted by Crippen LogP contribution is 2.13. The lowest BCUT2D eigenvalue weighted by molar-refractivity contribution is 0.0946. The SMILES string of the molecule is C=C1Cc2c(n(CCCCF)c(=O)n(C)c2=O)C(=O)N1. The third-order valence-corrected chi connectivity index (χ3v) is 3.30. The highest BCUT2D eigenvalue weighted by atomic mass is 19.1. The first-order chi connectivity index (χ1) is 9.47. The first-order valence-corrected chi connectivity index (χ1v) is 6.35. The normalized spacial score (nSPS) is 14.1. The predicted octanol–water partition coefficient (Wildman–Crippen LogP) is 0.0963. The Balaban J connectivity index is 2.62. The molecule has 0 atom stereocenters. The summed E-state index contributed by atoms with van der Waals surface area (Å²) in [5.74, 6) is -0.508. The Morgan fingerprint density at radius 3 is 2.65 bits per heavy atom. The van der Waals surface area contributed by atoms with Crippen molar-refractivity contribution in [1.82, 2.24) is 14.5 Å². The number of hydrogen-bond acceptors (Lipinski definition) is 3. The minimum atomic E-state index is -0.560. The average molecular weight is 281 g/mol. The van der Waals surface area contributed by atoms with E-state index >= 15 is 0 Å². The molecule has 1 aromatic heterocycles. The van der Waals surface area contributed by atoms with E-state index in [9.17, 15) is 18.8 Å². The van der Waals surface area contributed by atoms with Gasteiger partial charge >= 0.3 is 5.69 Å². The highest BCUT2D eigenvalue weighted by Gasteiger charge is 2.27. The molecular weight excluding hydrogens is 265 g/mol. The van der Waals surface area contributed by atoms with Gasteiger partial charge in [-0.2, -0.15) is 0 Å². The van der Waals surface area contributed by atoms with Gasteiger partial charge in [0.05, 0.1) is 12.2 Å². The standard InChI is InChI=1S/C13H16FN3O3/c1-8-7-9-10(11(18)15-8)17(6-4-3-5-14)13(20)16(2)12(9)19/h1,3-7H2,2H3,(H,15,18). The van der Waals surface area contributed by atoms with E-state index in [1.165, 1.54) is 11.6 Å². The number of amides is 1. The van der Waals surface area contributed by atoms with Gasteiger partial charge in [0.15, 0.2) is 0 Å². The number of rotatable bonds is 4. The predicted molar refractivity (Wildman–Crippen MR) is 71.5 cm³/mol. The lowest BCUT2D eigenvalue weighted by Gasteiger charge is -2.22. The van der Waals surface area contributed by atoms with Gasteiger partial charge in [0.2, 0.25) is 0 Å². The van der Waals surface area contributed by atoms with Crippen LogP contribution in [0.5, 0.6) is 0 Å². The van der Waals surface area contributed by atoms with Gasteiger partial charge in [0.25, 0.3) is 11.5 Å². The third-order valence-electron chi connectivity index (χ3n) is 3.30. The molecule has 0 bridgehead atoms. The van der Waals surface area contributed by atoms with Crippen molar-refractivity contribution < 1.29 is 9.18 Å². The highest BCUT2D eigenvalue weighted by molar-refractivity contribution is 5.96. The van der Waals surface area contributed by atoms with Gasteiger partial charge in [-0.3, -0.25) is 23.1 Å². The molecule has 20 heavy (non-hydrogen) atoms. The molecule has 108 valence electrons. The number of aromatic nitrogens is 2. The Morgan fingerprint density at radius 2 is 2.00 bits per heavy atom. The molecule has 0 spiro atoms. The average Bonchev–Trinajstić information content (AvgIpc) is 2.40. The molecule has 1 aliphatic heterocycles. The largest absolute Gasteiger partial charge is 0.331 e. The van der Waals surface area contributed by atoms with Gasteiger partial charge in [-0.15, -0.1) is 0 Å². The van der Waals surface area contributed by atoms with Crippen molar-refractivity contribution >= 4 is 5.91 Å². The minimum Gasteiger partial charge on any atom is -0.325 e. The van der Waals surface area contributed by atoms with Crippen molar-refractivity contribution in [2.75, 3.05) is 6.67 Å². The topological polar surface area (TPSA) is 73.1 Å². The smallest absolute Gasteiger partial charge is 0.325 e. The molecule has 7 heteroatoms. The summed E-state index contributed by atoms with van der Waals surface area (Å²) in [5.41, 5.74) is -0.281. The summed E-state index contributed by atoms with van der Waals surface area (Å²) in [4.78, 5) is 36.2. The molecule has 0 aliphatic carbocycles. The third kappa shape index (κ3) is 2.31. The first-order valence-electron chi connectivity index (χ1n) is 6.35. The van der Waals surface area contributed by atoms with Gasteiger partial charge in [0.1, 0.15) is 5.69 Å². The van der Waals surface area contributed by atoms with E-state index in [-0.39, 0.29) is 24.2 Å². The second-order valence-electron chi connectivity index (χ2n) is 4.76. The van der Waals surface area contributed by atoms with E-state index in [2.05, 4.69) is 11.9 Å². The monoisotopic (exact) mass is 281 g/mol. The van der Waals surface area contributed by atoms with Crippen LogP contribution in [0.15, 0.2) is 21.9 Å². The summed E-state index contributed by atoms with van der Waals surface area (Å²) in [6, 6.07) is 0. The van der Waals surface area contributed by atoms with Crippen LogP contribution in [0.1, 0.15) is 28.9 Å². The van der Waals surface area contributed by atoms with Crippen LogP contribution in [-0.2, 0) is 20.0 Å². The van der Waals surface area contributed by atoms with E-state index in [1.54, 1.807) is 0 Å². The second-order valence-corrected chi connectivity index (χ2v) is 4.76. The summed E-state index contributed by atoms with van der Waals surface area (Å²) >= 11 is 0. The zero-order valence-electron chi connectivity index (χ0n) is 11.2. The summed E-state index contributed by atoms with van der Waals surface area (Å²) in [5, 5.41) is 2.52. The Bertz CT molecular complexity index is 687. The lowest BCUT2D eigenvalue weighted by atomic mass is 10.0. The van der Waals surface area contributed by atoms with E-state index in [0.29, 0.717) is 18.5 Å². The Hall–Kier alpha value is -2.18.